The maximum Gasteiger partial charge on any atom is 0.331 e. The molecule has 0 aromatic rings. The second-order valence-corrected chi connectivity index (χ2v) is 2.37. The molecule has 66 valence electrons. The highest BCUT2D eigenvalue weighted by atomic mass is 16.2. The first-order chi connectivity index (χ1) is 5.22. The predicted octanol–water partition coefficient (Wildman–Crippen LogP) is 0.692. The molecule has 0 radical (unpaired) electrons. The van der Waals surface area contributed by atoms with Gasteiger partial charge in [-0.15, -0.1) is 0 Å². The van der Waals surface area contributed by atoms with Crippen LogP contribution in [0.4, 0.5) is 4.79 Å². The number of hydrogen-bond donors (Lipinski definition) is 2. The summed E-state index contributed by atoms with van der Waals surface area (Å²) in [5.41, 5.74) is 0. The zero-order valence-electron chi connectivity index (χ0n) is 7.26. The zero-order valence-corrected chi connectivity index (χ0v) is 7.26. The van der Waals surface area contributed by atoms with Gasteiger partial charge in [-0.25, -0.2) is 10.6 Å². The Kier molecular flexibility index (Phi) is 5.56. The highest BCUT2D eigenvalue weighted by Crippen LogP contribution is 1.84. The third-order valence-electron chi connectivity index (χ3n) is 1.41. The van der Waals surface area contributed by atoms with Crippen LogP contribution in [0.2, 0.25) is 0 Å². The summed E-state index contributed by atoms with van der Waals surface area (Å²) in [6, 6.07) is -0.194. The molecule has 0 saturated carbocycles. The van der Waals surface area contributed by atoms with E-state index in [-0.39, 0.29) is 6.03 Å². The van der Waals surface area contributed by atoms with Crippen LogP contribution in [0.15, 0.2) is 0 Å². The molecule has 0 bridgehead atoms. The molecule has 0 aromatic carbocycles. The molecule has 11 heavy (non-hydrogen) atoms. The largest absolute Gasteiger partial charge is 0.337 e. The topological polar surface area (TPSA) is 58.4 Å². The fourth-order valence-electron chi connectivity index (χ4n) is 0.617. The van der Waals surface area contributed by atoms with Crippen molar-refractivity contribution in [3.05, 3.63) is 0 Å². The molecule has 0 saturated heterocycles. The molecule has 0 rings (SSSR count). The summed E-state index contributed by atoms with van der Waals surface area (Å²) in [5, 5.41) is 3.86. The maximum absolute atomic E-state index is 10.9. The summed E-state index contributed by atoms with van der Waals surface area (Å²) in [5.74, 6) is 5.32. The Morgan fingerprint density at radius 2 is 2.18 bits per heavy atom. The Morgan fingerprint density at radius 3 is 2.64 bits per heavy atom. The average Bonchev–Trinajstić information content (AvgIpc) is 2.03. The van der Waals surface area contributed by atoms with Gasteiger partial charge in [0.25, 0.3) is 0 Å². The molecular formula is C7H17N3O. The number of nitrogens with two attached hydrogens (primary N) is 1. The third kappa shape index (κ3) is 4.61. The van der Waals surface area contributed by atoms with E-state index in [1.165, 1.54) is 0 Å². The molecule has 3 N–H and O–H groups in total. The van der Waals surface area contributed by atoms with E-state index >= 15 is 0 Å². The zero-order chi connectivity index (χ0) is 8.69. The van der Waals surface area contributed by atoms with Gasteiger partial charge in [0.1, 0.15) is 0 Å². The first-order valence-corrected chi connectivity index (χ1v) is 4.02. The van der Waals surface area contributed by atoms with Crippen LogP contribution < -0.4 is 11.2 Å². The van der Waals surface area contributed by atoms with Crippen LogP contribution in [0.1, 0.15) is 26.7 Å². The van der Waals surface area contributed by atoms with Crippen molar-refractivity contribution in [3.63, 3.8) is 0 Å². The summed E-state index contributed by atoms with van der Waals surface area (Å²) in [4.78, 5) is 10.9. The summed E-state index contributed by atoms with van der Waals surface area (Å²) < 4.78 is 0. The lowest BCUT2D eigenvalue weighted by atomic mass is 10.3. The van der Waals surface area contributed by atoms with E-state index in [1.54, 1.807) is 0 Å². The summed E-state index contributed by atoms with van der Waals surface area (Å²) in [6.07, 6.45) is 2.08. The van der Waals surface area contributed by atoms with Crippen molar-refractivity contribution in [2.24, 2.45) is 5.84 Å². The molecule has 0 unspecified atom stereocenters. The second kappa shape index (κ2) is 5.97. The van der Waals surface area contributed by atoms with E-state index in [1.807, 2.05) is 6.92 Å². The first kappa shape index (κ1) is 10.2. The minimum Gasteiger partial charge on any atom is -0.337 e. The van der Waals surface area contributed by atoms with Crippen molar-refractivity contribution in [2.45, 2.75) is 26.7 Å². The van der Waals surface area contributed by atoms with Crippen LogP contribution >= 0.6 is 0 Å². The number of nitrogens with zero attached hydrogens (tertiary/aromatic N) is 1. The highest BCUT2D eigenvalue weighted by Gasteiger charge is 2.03. The predicted molar refractivity (Wildman–Crippen MR) is 44.9 cm³/mol. The van der Waals surface area contributed by atoms with Crippen LogP contribution in [0, 0.1) is 0 Å². The summed E-state index contributed by atoms with van der Waals surface area (Å²) in [7, 11) is 0. The van der Waals surface area contributed by atoms with E-state index in [4.69, 9.17) is 5.84 Å². The van der Waals surface area contributed by atoms with E-state index in [0.717, 1.165) is 17.9 Å². The van der Waals surface area contributed by atoms with Crippen LogP contribution in [0.3, 0.4) is 0 Å². The molecule has 0 atom stereocenters. The molecule has 4 nitrogen and oxygen atoms in total. The highest BCUT2D eigenvalue weighted by molar-refractivity contribution is 5.73. The Morgan fingerprint density at radius 1 is 1.55 bits per heavy atom. The monoisotopic (exact) mass is 159 g/mol. The van der Waals surface area contributed by atoms with Gasteiger partial charge in [0.2, 0.25) is 0 Å². The van der Waals surface area contributed by atoms with Gasteiger partial charge in [0.15, 0.2) is 0 Å². The lowest BCUT2D eigenvalue weighted by Gasteiger charge is -2.14. The van der Waals surface area contributed by atoms with Crippen LogP contribution in [-0.2, 0) is 0 Å². The molecule has 0 aromatic heterocycles. The molecule has 0 aliphatic carbocycles. The third-order valence-corrected chi connectivity index (χ3v) is 1.41. The van der Waals surface area contributed by atoms with Gasteiger partial charge >= 0.3 is 6.03 Å². The number of carbonyl (C=O) groups excluding carboxylic acids is 1. The minimum atomic E-state index is -0.194. The normalized spacial score (nSPS) is 9.36. The second-order valence-electron chi connectivity index (χ2n) is 2.37. The summed E-state index contributed by atoms with van der Waals surface area (Å²) in [6.45, 7) is 5.16. The molecule has 0 fully saturated rings. The average molecular weight is 159 g/mol. The van der Waals surface area contributed by atoms with Crippen molar-refractivity contribution < 1.29 is 4.79 Å². The van der Waals surface area contributed by atoms with Crippen molar-refractivity contribution in [2.75, 3.05) is 13.1 Å². The number of amides is 2. The molecule has 0 aliphatic heterocycles. The number of nitrogens with one attached hydrogen (secondary N) is 1. The maximum atomic E-state index is 10.9. The van der Waals surface area contributed by atoms with Crippen molar-refractivity contribution >= 4 is 6.03 Å². The fraction of sp³-hybridized carbons (Fsp3) is 0.857. The number of urea groups is 1. The minimum absolute atomic E-state index is 0.194. The number of rotatable bonds is 4. The van der Waals surface area contributed by atoms with Gasteiger partial charge < -0.3 is 5.32 Å². The quantitative estimate of drug-likeness (QED) is 0.274. The fourth-order valence-corrected chi connectivity index (χ4v) is 0.617. The van der Waals surface area contributed by atoms with E-state index < -0.39 is 0 Å². The number of carbonyl (C=O) groups is 1. The van der Waals surface area contributed by atoms with Crippen LogP contribution in [0.5, 0.6) is 0 Å². The van der Waals surface area contributed by atoms with Gasteiger partial charge in [0.05, 0.1) is 0 Å². The molecule has 4 heteroatoms. The Bertz CT molecular complexity index is 116. The smallest absolute Gasteiger partial charge is 0.331 e. The molecule has 2 amide bonds. The number of unbranched alkanes of at least 4 members (excludes halogenated alkanes) is 1. The number of hydrogen-bond acceptors (Lipinski definition) is 2. The van der Waals surface area contributed by atoms with Gasteiger partial charge in [0, 0.05) is 13.1 Å². The van der Waals surface area contributed by atoms with Crippen molar-refractivity contribution in [3.8, 4) is 0 Å². The molecule has 0 aliphatic rings. The standard InChI is InChI=1S/C7H17N3O/c1-3-5-6-9-7(11)10(8)4-2/h3-6,8H2,1-2H3,(H,9,11). The lowest BCUT2D eigenvalue weighted by molar-refractivity contribution is 0.201. The van der Waals surface area contributed by atoms with Gasteiger partial charge in [-0.2, -0.15) is 0 Å². The Labute approximate surface area is 67.7 Å². The molecular weight excluding hydrogens is 142 g/mol. The van der Waals surface area contributed by atoms with E-state index in [0.29, 0.717) is 13.1 Å². The Balaban J connectivity index is 3.36. The molecule has 0 spiro atoms. The number of hydrazine groups is 1. The summed E-state index contributed by atoms with van der Waals surface area (Å²) >= 11 is 0. The van der Waals surface area contributed by atoms with E-state index in [9.17, 15) is 4.79 Å². The molecule has 0 heterocycles. The van der Waals surface area contributed by atoms with Gasteiger partial charge in [-0.3, -0.25) is 5.01 Å². The van der Waals surface area contributed by atoms with Crippen molar-refractivity contribution in [1.29, 1.82) is 0 Å². The van der Waals surface area contributed by atoms with Crippen LogP contribution in [-0.4, -0.2) is 24.1 Å². The van der Waals surface area contributed by atoms with E-state index in [2.05, 4.69) is 12.2 Å². The van der Waals surface area contributed by atoms with Crippen LogP contribution in [0.25, 0.3) is 0 Å². The Hall–Kier alpha value is -0.770. The van der Waals surface area contributed by atoms with Gasteiger partial charge in [-0.05, 0) is 13.3 Å². The first-order valence-electron chi connectivity index (χ1n) is 4.02. The van der Waals surface area contributed by atoms with Crippen molar-refractivity contribution in [1.82, 2.24) is 10.3 Å². The van der Waals surface area contributed by atoms with Gasteiger partial charge in [-0.1, -0.05) is 13.3 Å². The SMILES string of the molecule is CCCCNC(=O)N(N)CC. The lowest BCUT2D eigenvalue weighted by Crippen LogP contribution is -2.44.